The maximum atomic E-state index is 12.8. The molecule has 0 aliphatic carbocycles. The van der Waals surface area contributed by atoms with Gasteiger partial charge in [0.25, 0.3) is 11.5 Å². The second-order valence-corrected chi connectivity index (χ2v) is 7.97. The van der Waals surface area contributed by atoms with E-state index in [1.807, 2.05) is 32.0 Å². The number of rotatable bonds is 4. The Morgan fingerprint density at radius 3 is 2.39 bits per heavy atom. The Kier molecular flexibility index (Phi) is 5.57. The molecule has 1 atom stereocenters. The summed E-state index contributed by atoms with van der Waals surface area (Å²) in [6.07, 6.45) is -2.79. The van der Waals surface area contributed by atoms with Gasteiger partial charge in [-0.1, -0.05) is 24.3 Å². The summed E-state index contributed by atoms with van der Waals surface area (Å²) in [6.45, 7) is 5.62. The molecule has 2 aromatic carbocycles. The third kappa shape index (κ3) is 4.52. The number of hydrogen-bond acceptors (Lipinski definition) is 3. The van der Waals surface area contributed by atoms with Crippen molar-refractivity contribution in [3.63, 3.8) is 0 Å². The fourth-order valence-electron chi connectivity index (χ4n) is 3.48. The zero-order valence-electron chi connectivity index (χ0n) is 18.1. The summed E-state index contributed by atoms with van der Waals surface area (Å²) in [5.74, 6) is -0.543. The van der Waals surface area contributed by atoms with Gasteiger partial charge < -0.3 is 10.3 Å². The standard InChI is InChI=1S/C24H21F3N4O2/c1-13-4-5-17(10-14(13)2)20-12-31-21(23(33)29-20)11-19(30-31)22(32)28-15(3)16-6-8-18(9-7-16)24(25,26)27/h4-12,15H,1-3H3,(H,28,32)(H,29,33)/t15-/m0/s1. The van der Waals surface area contributed by atoms with Gasteiger partial charge in [-0.3, -0.25) is 9.59 Å². The highest BCUT2D eigenvalue weighted by Crippen LogP contribution is 2.30. The largest absolute Gasteiger partial charge is 0.416 e. The zero-order chi connectivity index (χ0) is 23.9. The number of nitrogens with one attached hydrogen (secondary N) is 2. The lowest BCUT2D eigenvalue weighted by Gasteiger charge is -2.14. The Hall–Kier alpha value is -3.88. The van der Waals surface area contributed by atoms with Crippen LogP contribution >= 0.6 is 0 Å². The van der Waals surface area contributed by atoms with Crippen LogP contribution in [0.5, 0.6) is 0 Å². The van der Waals surface area contributed by atoms with Crippen LogP contribution in [0.1, 0.15) is 45.7 Å². The zero-order valence-corrected chi connectivity index (χ0v) is 18.1. The summed E-state index contributed by atoms with van der Waals surface area (Å²) in [5.41, 5.74) is 3.16. The lowest BCUT2D eigenvalue weighted by Crippen LogP contribution is -2.27. The average Bonchev–Trinajstić information content (AvgIpc) is 3.20. The molecular formula is C24H21F3N4O2. The Morgan fingerprint density at radius 2 is 1.76 bits per heavy atom. The van der Waals surface area contributed by atoms with Gasteiger partial charge in [-0.25, -0.2) is 4.52 Å². The maximum absolute atomic E-state index is 12.8. The SMILES string of the molecule is Cc1ccc(-c2cn3nc(C(=O)N[C@@H](C)c4ccc(C(F)(F)F)cc4)cc3c(=O)[nH]2)cc1C. The lowest BCUT2D eigenvalue weighted by molar-refractivity contribution is -0.137. The number of alkyl halides is 3. The number of carbonyl (C=O) groups excluding carboxylic acids is 1. The molecule has 2 heterocycles. The Labute approximate surface area is 187 Å². The van der Waals surface area contributed by atoms with Crippen molar-refractivity contribution in [2.75, 3.05) is 0 Å². The molecule has 6 nitrogen and oxygen atoms in total. The molecule has 0 fully saturated rings. The number of halogens is 3. The van der Waals surface area contributed by atoms with Gasteiger partial charge in [0, 0.05) is 6.07 Å². The highest BCUT2D eigenvalue weighted by atomic mass is 19.4. The van der Waals surface area contributed by atoms with E-state index >= 15 is 0 Å². The molecule has 0 saturated heterocycles. The molecule has 0 bridgehead atoms. The first-order valence-corrected chi connectivity index (χ1v) is 10.2. The molecule has 0 unspecified atom stereocenters. The van der Waals surface area contributed by atoms with Crippen LogP contribution in [0.4, 0.5) is 13.2 Å². The Morgan fingerprint density at radius 1 is 1.06 bits per heavy atom. The van der Waals surface area contributed by atoms with Crippen molar-refractivity contribution in [3.8, 4) is 11.3 Å². The summed E-state index contributed by atoms with van der Waals surface area (Å²) in [4.78, 5) is 28.1. The van der Waals surface area contributed by atoms with E-state index in [4.69, 9.17) is 0 Å². The first kappa shape index (κ1) is 22.3. The number of H-pyrrole nitrogens is 1. The third-order valence-electron chi connectivity index (χ3n) is 5.60. The van der Waals surface area contributed by atoms with Crippen LogP contribution in [0.2, 0.25) is 0 Å². The van der Waals surface area contributed by atoms with Gasteiger partial charge >= 0.3 is 6.18 Å². The van der Waals surface area contributed by atoms with E-state index in [0.717, 1.165) is 28.8 Å². The minimum absolute atomic E-state index is 0.0245. The smallest absolute Gasteiger partial charge is 0.344 e. The molecule has 0 spiro atoms. The van der Waals surface area contributed by atoms with Crippen molar-refractivity contribution in [3.05, 3.63) is 93.0 Å². The molecule has 2 N–H and O–H groups in total. The van der Waals surface area contributed by atoms with Crippen molar-refractivity contribution in [1.29, 1.82) is 0 Å². The van der Waals surface area contributed by atoms with Crippen LogP contribution in [0.15, 0.2) is 59.5 Å². The summed E-state index contributed by atoms with van der Waals surface area (Å²) >= 11 is 0. The van der Waals surface area contributed by atoms with E-state index in [1.54, 1.807) is 13.1 Å². The monoisotopic (exact) mass is 454 g/mol. The molecule has 0 aliphatic rings. The van der Waals surface area contributed by atoms with Crippen LogP contribution in [-0.2, 0) is 6.18 Å². The molecule has 1 amide bonds. The second kappa shape index (κ2) is 8.23. The first-order chi connectivity index (χ1) is 15.5. The fourth-order valence-corrected chi connectivity index (χ4v) is 3.48. The highest BCUT2D eigenvalue weighted by Gasteiger charge is 2.30. The molecule has 9 heteroatoms. The topological polar surface area (TPSA) is 79.3 Å². The van der Waals surface area contributed by atoms with Crippen LogP contribution in [-0.4, -0.2) is 20.5 Å². The van der Waals surface area contributed by atoms with Gasteiger partial charge in [-0.05, 0) is 61.2 Å². The van der Waals surface area contributed by atoms with E-state index in [0.29, 0.717) is 11.3 Å². The van der Waals surface area contributed by atoms with Gasteiger partial charge in [0.15, 0.2) is 5.69 Å². The number of benzene rings is 2. The van der Waals surface area contributed by atoms with Gasteiger partial charge in [-0.15, -0.1) is 0 Å². The van der Waals surface area contributed by atoms with E-state index in [-0.39, 0.29) is 11.2 Å². The summed E-state index contributed by atoms with van der Waals surface area (Å²) in [6, 6.07) is 11.2. The fraction of sp³-hybridized carbons (Fsp3) is 0.208. The van der Waals surface area contributed by atoms with Gasteiger partial charge in [0.1, 0.15) is 5.52 Å². The maximum Gasteiger partial charge on any atom is 0.416 e. The predicted molar refractivity (Wildman–Crippen MR) is 118 cm³/mol. The van der Waals surface area contributed by atoms with Crippen LogP contribution in [0.25, 0.3) is 16.8 Å². The number of hydrogen-bond donors (Lipinski definition) is 2. The van der Waals surface area contributed by atoms with E-state index < -0.39 is 29.2 Å². The van der Waals surface area contributed by atoms with E-state index in [2.05, 4.69) is 15.4 Å². The molecule has 33 heavy (non-hydrogen) atoms. The summed E-state index contributed by atoms with van der Waals surface area (Å²) < 4.78 is 39.6. The molecule has 170 valence electrons. The molecule has 4 aromatic rings. The molecular weight excluding hydrogens is 433 g/mol. The van der Waals surface area contributed by atoms with Gasteiger partial charge in [0.05, 0.1) is 23.5 Å². The normalized spacial score (nSPS) is 12.7. The summed E-state index contributed by atoms with van der Waals surface area (Å²) in [7, 11) is 0. The van der Waals surface area contributed by atoms with Crippen LogP contribution in [0.3, 0.4) is 0 Å². The number of aromatic nitrogens is 3. The number of carbonyl (C=O) groups is 1. The molecule has 0 aliphatic heterocycles. The molecule has 0 saturated carbocycles. The molecule has 0 radical (unpaired) electrons. The Balaban J connectivity index is 1.58. The summed E-state index contributed by atoms with van der Waals surface area (Å²) in [5, 5.41) is 6.93. The van der Waals surface area contributed by atoms with Crippen molar-refractivity contribution in [2.24, 2.45) is 0 Å². The van der Waals surface area contributed by atoms with Crippen LogP contribution < -0.4 is 10.9 Å². The minimum Gasteiger partial charge on any atom is -0.344 e. The van der Waals surface area contributed by atoms with Crippen molar-refractivity contribution >= 4 is 11.4 Å². The van der Waals surface area contributed by atoms with Crippen molar-refractivity contribution in [2.45, 2.75) is 33.0 Å². The van der Waals surface area contributed by atoms with E-state index in [9.17, 15) is 22.8 Å². The predicted octanol–water partition coefficient (Wildman–Crippen LogP) is 4.82. The molecule has 2 aromatic heterocycles. The first-order valence-electron chi connectivity index (χ1n) is 10.2. The van der Waals surface area contributed by atoms with E-state index in [1.165, 1.54) is 22.7 Å². The number of nitrogens with zero attached hydrogens (tertiary/aromatic N) is 2. The van der Waals surface area contributed by atoms with Gasteiger partial charge in [0.2, 0.25) is 0 Å². The van der Waals surface area contributed by atoms with Crippen molar-refractivity contribution in [1.82, 2.24) is 19.9 Å². The second-order valence-electron chi connectivity index (χ2n) is 7.97. The number of aromatic amines is 1. The number of amides is 1. The Bertz CT molecular complexity index is 1400. The number of aryl methyl sites for hydroxylation is 2. The van der Waals surface area contributed by atoms with Crippen molar-refractivity contribution < 1.29 is 18.0 Å². The molecule has 4 rings (SSSR count). The lowest BCUT2D eigenvalue weighted by atomic mass is 10.0. The average molecular weight is 454 g/mol. The third-order valence-corrected chi connectivity index (χ3v) is 5.60. The van der Waals surface area contributed by atoms with Gasteiger partial charge in [-0.2, -0.15) is 18.3 Å². The highest BCUT2D eigenvalue weighted by molar-refractivity contribution is 5.93. The number of fused-ring (bicyclic) bond motifs is 1. The van der Waals surface area contributed by atoms with Crippen LogP contribution in [0, 0.1) is 13.8 Å². The quantitative estimate of drug-likeness (QED) is 0.464. The minimum atomic E-state index is -4.43.